The molecule has 1 saturated heterocycles. The van der Waals surface area contributed by atoms with Gasteiger partial charge < -0.3 is 9.47 Å². The molecule has 136 valence electrons. The van der Waals surface area contributed by atoms with Gasteiger partial charge in [0.1, 0.15) is 0 Å². The van der Waals surface area contributed by atoms with Crippen molar-refractivity contribution in [3.05, 3.63) is 48.0 Å². The van der Waals surface area contributed by atoms with Gasteiger partial charge >= 0.3 is 11.9 Å². The summed E-state index contributed by atoms with van der Waals surface area (Å²) in [5, 5.41) is 0. The maximum absolute atomic E-state index is 13.0. The molecule has 5 heteroatoms. The molecule has 25 heavy (non-hydrogen) atoms. The van der Waals surface area contributed by atoms with Gasteiger partial charge in [-0.05, 0) is 44.2 Å². The second-order valence-corrected chi connectivity index (χ2v) is 6.12. The minimum Gasteiger partial charge on any atom is -0.464 e. The monoisotopic (exact) mass is 345 g/mol. The third-order valence-electron chi connectivity index (χ3n) is 4.50. The van der Waals surface area contributed by atoms with Crippen LogP contribution in [0, 0.1) is 0 Å². The molecule has 0 amide bonds. The Bertz CT molecular complexity index is 593. The van der Waals surface area contributed by atoms with Crippen molar-refractivity contribution in [1.82, 2.24) is 4.90 Å². The summed E-state index contributed by atoms with van der Waals surface area (Å²) >= 11 is 0. The maximum atomic E-state index is 13.0. The molecular weight excluding hydrogens is 318 g/mol. The molecule has 1 fully saturated rings. The molecule has 1 aromatic carbocycles. The highest BCUT2D eigenvalue weighted by atomic mass is 16.6. The van der Waals surface area contributed by atoms with Crippen LogP contribution in [0.3, 0.4) is 0 Å². The molecule has 1 heterocycles. The predicted molar refractivity (Wildman–Crippen MR) is 95.8 cm³/mol. The Balaban J connectivity index is 2.50. The second-order valence-electron chi connectivity index (χ2n) is 6.12. The highest BCUT2D eigenvalue weighted by Crippen LogP contribution is 2.35. The van der Waals surface area contributed by atoms with E-state index in [9.17, 15) is 9.59 Å². The van der Waals surface area contributed by atoms with Crippen LogP contribution in [0.1, 0.15) is 38.7 Å². The van der Waals surface area contributed by atoms with Crippen LogP contribution in [-0.2, 0) is 25.6 Å². The molecular formula is C20H27NO4. The lowest BCUT2D eigenvalue weighted by Gasteiger charge is -2.39. The van der Waals surface area contributed by atoms with Crippen LogP contribution >= 0.6 is 0 Å². The molecule has 0 spiro atoms. The first-order valence-corrected chi connectivity index (χ1v) is 8.89. The van der Waals surface area contributed by atoms with Gasteiger partial charge in [0.05, 0.1) is 13.2 Å². The van der Waals surface area contributed by atoms with E-state index in [0.29, 0.717) is 25.1 Å². The fourth-order valence-electron chi connectivity index (χ4n) is 3.32. The van der Waals surface area contributed by atoms with Crippen LogP contribution in [0.15, 0.2) is 42.5 Å². The molecule has 0 unspecified atom stereocenters. The summed E-state index contributed by atoms with van der Waals surface area (Å²) in [5.41, 5.74) is 0.00578. The van der Waals surface area contributed by atoms with E-state index < -0.39 is 17.5 Å². The Kier molecular flexibility index (Phi) is 6.76. The summed E-state index contributed by atoms with van der Waals surface area (Å²) in [5.74, 6) is -1.17. The third-order valence-corrected chi connectivity index (χ3v) is 4.50. The summed E-state index contributed by atoms with van der Waals surface area (Å²) in [7, 11) is 0. The van der Waals surface area contributed by atoms with Crippen LogP contribution in [0.2, 0.25) is 0 Å². The highest BCUT2D eigenvalue weighted by Gasteiger charge is 2.56. The number of rotatable bonds is 6. The van der Waals surface area contributed by atoms with Crippen molar-refractivity contribution in [3.8, 4) is 0 Å². The van der Waals surface area contributed by atoms with E-state index in [1.54, 1.807) is 13.8 Å². The fourth-order valence-corrected chi connectivity index (χ4v) is 3.32. The second kappa shape index (κ2) is 8.81. The summed E-state index contributed by atoms with van der Waals surface area (Å²) in [4.78, 5) is 27.8. The molecule has 1 aromatic rings. The quantitative estimate of drug-likeness (QED) is 0.450. The number of benzene rings is 1. The van der Waals surface area contributed by atoms with Crippen molar-refractivity contribution in [2.75, 3.05) is 19.8 Å². The Morgan fingerprint density at radius 3 is 2.24 bits per heavy atom. The smallest absolute Gasteiger partial charge is 0.342 e. The van der Waals surface area contributed by atoms with Crippen molar-refractivity contribution >= 4 is 11.9 Å². The van der Waals surface area contributed by atoms with Crippen LogP contribution in [0.5, 0.6) is 0 Å². The topological polar surface area (TPSA) is 55.8 Å². The molecule has 0 radical (unpaired) electrons. The number of carbonyl (C=O) groups is 2. The zero-order chi connectivity index (χ0) is 18.3. The average molecular weight is 345 g/mol. The Morgan fingerprint density at radius 2 is 1.68 bits per heavy atom. The first kappa shape index (κ1) is 19.2. The minimum absolute atomic E-state index is 0.201. The standard InChI is InChI=1S/C20H27NO4/c1-4-24-18(22)20(19(23)25-5-2)16(3)11-9-10-14-21(20)15-17-12-7-6-8-13-17/h6-8,12-13H,3-5,9-11,14-15H2,1-2H3. The van der Waals surface area contributed by atoms with Crippen molar-refractivity contribution in [3.63, 3.8) is 0 Å². The number of hydrogen-bond donors (Lipinski definition) is 0. The van der Waals surface area contributed by atoms with Gasteiger partial charge in [0, 0.05) is 13.1 Å². The summed E-state index contributed by atoms with van der Waals surface area (Å²) in [6.07, 6.45) is 2.36. The van der Waals surface area contributed by atoms with Gasteiger partial charge in [0.25, 0.3) is 0 Å². The van der Waals surface area contributed by atoms with Crippen LogP contribution < -0.4 is 0 Å². The van der Waals surface area contributed by atoms with Crippen molar-refractivity contribution in [1.29, 1.82) is 0 Å². The third kappa shape index (κ3) is 3.93. The summed E-state index contributed by atoms with van der Waals surface area (Å²) < 4.78 is 10.6. The van der Waals surface area contributed by atoms with Gasteiger partial charge in [0.2, 0.25) is 5.54 Å². The molecule has 1 aliphatic rings. The molecule has 0 aromatic heterocycles. The predicted octanol–water partition coefficient (Wildman–Crippen LogP) is 3.09. The zero-order valence-corrected chi connectivity index (χ0v) is 15.1. The number of esters is 2. The number of hydrogen-bond acceptors (Lipinski definition) is 5. The lowest BCUT2D eigenvalue weighted by Crippen LogP contribution is -2.61. The first-order chi connectivity index (χ1) is 12.1. The van der Waals surface area contributed by atoms with Gasteiger partial charge in [0.15, 0.2) is 0 Å². The van der Waals surface area contributed by atoms with Crippen LogP contribution in [0.25, 0.3) is 0 Å². The van der Waals surface area contributed by atoms with E-state index in [0.717, 1.165) is 18.4 Å². The summed E-state index contributed by atoms with van der Waals surface area (Å²) in [6, 6.07) is 9.79. The SMILES string of the molecule is C=C1CCCCN(Cc2ccccc2)C1(C(=O)OCC)C(=O)OCC. The number of carbonyl (C=O) groups excluding carboxylic acids is 2. The van der Waals surface area contributed by atoms with E-state index in [-0.39, 0.29) is 13.2 Å². The van der Waals surface area contributed by atoms with Gasteiger partial charge in [-0.3, -0.25) is 4.90 Å². The van der Waals surface area contributed by atoms with E-state index in [1.165, 1.54) is 0 Å². The molecule has 0 aliphatic carbocycles. The van der Waals surface area contributed by atoms with E-state index in [1.807, 2.05) is 35.2 Å². The van der Waals surface area contributed by atoms with Gasteiger partial charge in [-0.25, -0.2) is 9.59 Å². The molecule has 0 N–H and O–H groups in total. The molecule has 5 nitrogen and oxygen atoms in total. The van der Waals surface area contributed by atoms with Crippen LogP contribution in [-0.4, -0.2) is 42.1 Å². The molecule has 0 saturated carbocycles. The molecule has 0 bridgehead atoms. The van der Waals surface area contributed by atoms with Crippen LogP contribution in [0.4, 0.5) is 0 Å². The lowest BCUT2D eigenvalue weighted by molar-refractivity contribution is -0.172. The van der Waals surface area contributed by atoms with E-state index in [4.69, 9.17) is 9.47 Å². The Labute approximate surface area is 149 Å². The zero-order valence-electron chi connectivity index (χ0n) is 15.1. The van der Waals surface area contributed by atoms with Crippen molar-refractivity contribution < 1.29 is 19.1 Å². The lowest BCUT2D eigenvalue weighted by atomic mass is 9.86. The Hall–Kier alpha value is -2.14. The maximum Gasteiger partial charge on any atom is 0.342 e. The van der Waals surface area contributed by atoms with Crippen molar-refractivity contribution in [2.45, 2.75) is 45.2 Å². The molecule has 2 rings (SSSR count). The van der Waals surface area contributed by atoms with E-state index >= 15 is 0 Å². The largest absolute Gasteiger partial charge is 0.464 e. The van der Waals surface area contributed by atoms with Gasteiger partial charge in [-0.1, -0.05) is 36.9 Å². The number of likely N-dealkylation sites (tertiary alicyclic amines) is 1. The number of ether oxygens (including phenoxy) is 2. The highest BCUT2D eigenvalue weighted by molar-refractivity contribution is 6.08. The van der Waals surface area contributed by atoms with Gasteiger partial charge in [-0.15, -0.1) is 0 Å². The average Bonchev–Trinajstić information content (AvgIpc) is 2.76. The minimum atomic E-state index is -1.57. The fraction of sp³-hybridized carbons (Fsp3) is 0.500. The Morgan fingerprint density at radius 1 is 1.08 bits per heavy atom. The van der Waals surface area contributed by atoms with Gasteiger partial charge in [-0.2, -0.15) is 0 Å². The van der Waals surface area contributed by atoms with E-state index in [2.05, 4.69) is 6.58 Å². The first-order valence-electron chi connectivity index (χ1n) is 8.89. The number of nitrogens with zero attached hydrogens (tertiary/aromatic N) is 1. The molecule has 0 atom stereocenters. The molecule has 1 aliphatic heterocycles. The van der Waals surface area contributed by atoms with Crippen molar-refractivity contribution in [2.24, 2.45) is 0 Å². The normalized spacial score (nSPS) is 17.6. The summed E-state index contributed by atoms with van der Waals surface area (Å²) in [6.45, 7) is 9.01.